The van der Waals surface area contributed by atoms with Crippen LogP contribution in [0.3, 0.4) is 0 Å². The Bertz CT molecular complexity index is 2590. The second-order valence-corrected chi connectivity index (χ2v) is 35.3. The van der Waals surface area contributed by atoms with Crippen LogP contribution in [0.1, 0.15) is 325 Å². The van der Waals surface area contributed by atoms with Crippen LogP contribution in [0.15, 0.2) is 0 Å². The third-order valence-electron chi connectivity index (χ3n) is 21.2. The molecule has 9 rings (SSSR count). The first-order valence-electron chi connectivity index (χ1n) is 36.6. The van der Waals surface area contributed by atoms with Crippen molar-refractivity contribution in [3.05, 3.63) is 0 Å². The predicted octanol–water partition coefficient (Wildman–Crippen LogP) is 24.1. The summed E-state index contributed by atoms with van der Waals surface area (Å²) in [5.41, 5.74) is -0.575. The molecule has 514 valence electrons. The first-order valence-corrected chi connectivity index (χ1v) is 36.6. The van der Waals surface area contributed by atoms with Crippen molar-refractivity contribution in [3.63, 3.8) is 0 Å². The van der Waals surface area contributed by atoms with Gasteiger partial charge in [-0.15, -0.1) is 41.4 Å². The average molecular weight is 1270 g/mol. The number of nitrogens with zero attached hydrogens (tertiary/aromatic N) is 1. The number of rotatable bonds is 1. The van der Waals surface area contributed by atoms with Gasteiger partial charge in [0.2, 0.25) is 0 Å². The van der Waals surface area contributed by atoms with Crippen molar-refractivity contribution in [1.82, 2.24) is 4.90 Å². The first kappa shape index (κ1) is 81.8. The minimum atomic E-state index is -2.81. The van der Waals surface area contributed by atoms with Gasteiger partial charge in [-0.05, 0) is 204 Å². The van der Waals surface area contributed by atoms with Crippen LogP contribution in [0, 0.1) is 175 Å². The van der Waals surface area contributed by atoms with Crippen molar-refractivity contribution >= 4 is 0 Å². The zero-order valence-corrected chi connectivity index (χ0v) is 62.4. The van der Waals surface area contributed by atoms with Crippen LogP contribution >= 0.6 is 0 Å². The molecule has 2 fully saturated rings. The van der Waals surface area contributed by atoms with Crippen LogP contribution < -0.4 is 0 Å². The Balaban J connectivity index is 0.000000278. The minimum Gasteiger partial charge on any atom is -0.297 e. The highest BCUT2D eigenvalue weighted by Gasteiger charge is 2.50. The molecule has 8 aliphatic carbocycles. The lowest BCUT2D eigenvalue weighted by Gasteiger charge is -2.38. The quantitative estimate of drug-likeness (QED) is 0.187. The van der Waals surface area contributed by atoms with E-state index >= 15 is 0 Å². The normalized spacial score (nSPS) is 30.9. The number of halogens is 5. The smallest absolute Gasteiger partial charge is 0.297 e. The van der Waals surface area contributed by atoms with Crippen molar-refractivity contribution in [2.75, 3.05) is 13.1 Å². The Morgan fingerprint density at radius 1 is 0.407 bits per heavy atom. The third kappa shape index (κ3) is 31.8. The lowest BCUT2D eigenvalue weighted by atomic mass is 9.73. The monoisotopic (exact) mass is 1260 g/mol. The van der Waals surface area contributed by atoms with Crippen molar-refractivity contribution in [2.24, 2.45) is 92.2 Å². The maximum Gasteiger partial charge on any atom is 0.311 e. The van der Waals surface area contributed by atoms with Gasteiger partial charge in [0.15, 0.2) is 5.67 Å². The second kappa shape index (κ2) is 37.2. The zero-order valence-electron chi connectivity index (χ0n) is 62.4. The van der Waals surface area contributed by atoms with E-state index in [0.717, 1.165) is 138 Å². The summed E-state index contributed by atoms with van der Waals surface area (Å²) in [4.78, 5) is 2.56. The van der Waals surface area contributed by atoms with E-state index in [1.807, 2.05) is 47.5 Å². The van der Waals surface area contributed by atoms with Crippen LogP contribution in [0.4, 0.5) is 22.0 Å². The van der Waals surface area contributed by atoms with Crippen molar-refractivity contribution in [3.8, 4) is 82.9 Å². The van der Waals surface area contributed by atoms with Crippen molar-refractivity contribution < 1.29 is 22.0 Å². The fourth-order valence-electron chi connectivity index (χ4n) is 14.4. The van der Waals surface area contributed by atoms with E-state index in [0.29, 0.717) is 60.7 Å². The third-order valence-corrected chi connectivity index (χ3v) is 21.2. The predicted molar refractivity (Wildman–Crippen MR) is 381 cm³/mol. The summed E-state index contributed by atoms with van der Waals surface area (Å²) in [6.45, 7) is 48.0. The van der Waals surface area contributed by atoms with Gasteiger partial charge >= 0.3 is 11.8 Å². The van der Waals surface area contributed by atoms with Crippen molar-refractivity contribution in [2.45, 2.75) is 348 Å². The van der Waals surface area contributed by atoms with Crippen LogP contribution in [-0.2, 0) is 0 Å². The van der Waals surface area contributed by atoms with E-state index in [1.165, 1.54) is 57.9 Å². The van der Waals surface area contributed by atoms with Crippen LogP contribution in [0.5, 0.6) is 0 Å². The summed E-state index contributed by atoms with van der Waals surface area (Å²) in [7, 11) is 0. The molecule has 1 aliphatic heterocycles. The van der Waals surface area contributed by atoms with Gasteiger partial charge in [0.05, 0.1) is 0 Å². The Morgan fingerprint density at radius 2 is 0.868 bits per heavy atom. The van der Waals surface area contributed by atoms with Gasteiger partial charge in [-0.2, -0.15) is 17.6 Å². The highest BCUT2D eigenvalue weighted by Crippen LogP contribution is 2.57. The van der Waals surface area contributed by atoms with E-state index < -0.39 is 23.4 Å². The number of hydrogen-bond donors (Lipinski definition) is 0. The molecule has 1 nitrogen and oxygen atoms in total. The fraction of sp³-hybridized carbons (Fsp3) is 0.835. The SMILES string of the molecule is CC(C)(C)C1(F)C#CCCCCC1.CC(C)(C)C1CCC#CC(F)(F)CC1.CC(C)(C)C1CCC#CCCC1.CC(C)(C)C1CCCCC#CC1(F)F.CC(C)(C)CC1[C@H]2CCC#CCC[C@@H]12.CC1C#CCCN(C(C)(C)C)CC1C.CC1[C@H]2CCC#CCC[C@@H]12. The molecule has 0 spiro atoms. The molecule has 2 saturated carbocycles. The molecule has 12 atom stereocenters. The highest BCUT2D eigenvalue weighted by molar-refractivity contribution is 5.19. The molecular formula is C85H134F5N. The Morgan fingerprint density at radius 3 is 1.37 bits per heavy atom. The summed E-state index contributed by atoms with van der Waals surface area (Å²) in [5, 5.41) is 0. The van der Waals surface area contributed by atoms with E-state index in [1.54, 1.807) is 0 Å². The van der Waals surface area contributed by atoms with Gasteiger partial charge in [-0.25, -0.2) is 4.39 Å². The van der Waals surface area contributed by atoms with Gasteiger partial charge < -0.3 is 0 Å². The molecule has 0 aromatic heterocycles. The lowest BCUT2D eigenvalue weighted by Crippen LogP contribution is -2.45. The molecule has 1 heterocycles. The average Bonchev–Trinajstić information content (AvgIpc) is 1.66. The maximum atomic E-state index is 14.3. The summed E-state index contributed by atoms with van der Waals surface area (Å²) >= 11 is 0. The molecule has 6 heteroatoms. The summed E-state index contributed by atoms with van der Waals surface area (Å²) < 4.78 is 67.7. The maximum absolute atomic E-state index is 14.3. The molecule has 0 amide bonds. The molecule has 0 aromatic carbocycles. The molecule has 91 heavy (non-hydrogen) atoms. The van der Waals surface area contributed by atoms with Gasteiger partial charge in [-0.1, -0.05) is 167 Å². The van der Waals surface area contributed by atoms with Crippen molar-refractivity contribution in [1.29, 1.82) is 0 Å². The second-order valence-electron chi connectivity index (χ2n) is 35.3. The molecular weight excluding hydrogens is 1130 g/mol. The lowest BCUT2D eigenvalue weighted by molar-refractivity contribution is -0.0529. The van der Waals surface area contributed by atoms with Gasteiger partial charge in [0, 0.05) is 107 Å². The summed E-state index contributed by atoms with van der Waals surface area (Å²) in [6.07, 6.45) is 28.6. The highest BCUT2D eigenvalue weighted by atomic mass is 19.3. The molecule has 0 radical (unpaired) electrons. The van der Waals surface area contributed by atoms with E-state index in [2.05, 4.69) is 186 Å². The largest absolute Gasteiger partial charge is 0.311 e. The Kier molecular flexibility index (Phi) is 33.4. The first-order chi connectivity index (χ1) is 42.1. The molecule has 8 unspecified atom stereocenters. The molecule has 0 aromatic rings. The summed E-state index contributed by atoms with van der Waals surface area (Å²) in [6, 6.07) is 0. The van der Waals surface area contributed by atoms with Crippen LogP contribution in [0.25, 0.3) is 0 Å². The van der Waals surface area contributed by atoms with E-state index in [4.69, 9.17) is 0 Å². The van der Waals surface area contributed by atoms with Crippen LogP contribution in [-0.4, -0.2) is 41.0 Å². The molecule has 9 aliphatic rings. The van der Waals surface area contributed by atoms with Crippen LogP contribution in [0.2, 0.25) is 0 Å². The standard InChI is InChI=1S/C14H22.C13H23N.2C12H18F2.C12H19F.C12H20.C10H14/c1-14(2,3)10-13-11-8-6-4-5-7-9-12(11)13;1-11-8-6-7-9-14(10-12(11)2)13(3,4)5;1-11(2,3)10-6-4-5-8-12(13,14)9-7-10;1-11(2,3)10-8-6-4-5-7-9-12(10,13)14;1-11(2,3)12(13)9-7-5-4-6-8-10-12;1-12(2,3)11-9-7-5-4-6-8-10-11;1-8-9-6-4-2-3-5-7-10(8)9/h11-13H,6-10H2,1-3H3;11-12H,7,9-10H2,1-5H3;10H,4,6-7,9H2,1-3H3;10H,4-6,8H2,1-3H3;4-7,9H2,1-3H3;11H,5,7-10H2,1-3H3;8-10H,4-7H2,1H3/t11-,12+,13?;;;;;;8?,9-,10+. The molecule has 0 bridgehead atoms. The zero-order chi connectivity index (χ0) is 68.5. The van der Waals surface area contributed by atoms with E-state index in [9.17, 15) is 22.0 Å². The Labute approximate surface area is 560 Å². The summed E-state index contributed by atoms with van der Waals surface area (Å²) in [5.74, 6) is 43.7. The number of fused-ring (bicyclic) bond motifs is 2. The van der Waals surface area contributed by atoms with Gasteiger partial charge in [0.1, 0.15) is 0 Å². The fourth-order valence-corrected chi connectivity index (χ4v) is 14.4. The van der Waals surface area contributed by atoms with Gasteiger partial charge in [-0.3, -0.25) is 4.90 Å². The Hall–Kier alpha value is -3.47. The molecule has 0 N–H and O–H groups in total. The number of alkyl halides is 5. The number of hydrogen-bond acceptors (Lipinski definition) is 1. The minimum absolute atomic E-state index is 0.0814. The van der Waals surface area contributed by atoms with E-state index in [-0.39, 0.29) is 28.2 Å². The van der Waals surface area contributed by atoms with Gasteiger partial charge in [0.25, 0.3) is 0 Å². The topological polar surface area (TPSA) is 3.24 Å². The molecule has 0 saturated heterocycles.